The molecule has 0 aromatic rings. The van der Waals surface area contributed by atoms with Gasteiger partial charge < -0.3 is 5.32 Å². The molecule has 0 amide bonds. The second kappa shape index (κ2) is 5.74. The van der Waals surface area contributed by atoms with Gasteiger partial charge in [0.15, 0.2) is 0 Å². The molecule has 0 aliphatic heterocycles. The van der Waals surface area contributed by atoms with Crippen molar-refractivity contribution in [2.45, 2.75) is 89.0 Å². The van der Waals surface area contributed by atoms with Gasteiger partial charge in [-0.3, -0.25) is 0 Å². The third-order valence-electron chi connectivity index (χ3n) is 7.30. The maximum Gasteiger partial charge on any atom is 0.0201 e. The fraction of sp³-hybridized carbons (Fsp3) is 1.00. The number of thioether (sulfide) groups is 1. The van der Waals surface area contributed by atoms with Crippen LogP contribution < -0.4 is 5.32 Å². The minimum atomic E-state index is 0.679. The minimum absolute atomic E-state index is 0.679. The van der Waals surface area contributed by atoms with Gasteiger partial charge in [0.1, 0.15) is 0 Å². The van der Waals surface area contributed by atoms with E-state index in [9.17, 15) is 0 Å². The summed E-state index contributed by atoms with van der Waals surface area (Å²) in [5.41, 5.74) is 0.679. The van der Waals surface area contributed by atoms with Crippen LogP contribution in [0.25, 0.3) is 0 Å². The van der Waals surface area contributed by atoms with Gasteiger partial charge in [-0.15, -0.1) is 0 Å². The van der Waals surface area contributed by atoms with Crippen molar-refractivity contribution < 1.29 is 0 Å². The molecule has 120 valence electrons. The van der Waals surface area contributed by atoms with Crippen LogP contribution in [-0.4, -0.2) is 23.1 Å². The van der Waals surface area contributed by atoms with Crippen molar-refractivity contribution in [2.24, 2.45) is 23.2 Å². The van der Waals surface area contributed by atoms with Crippen molar-refractivity contribution in [1.29, 1.82) is 0 Å². The molecule has 21 heavy (non-hydrogen) atoms. The first-order valence-electron chi connectivity index (χ1n) is 9.56. The third kappa shape index (κ3) is 2.69. The van der Waals surface area contributed by atoms with Crippen LogP contribution in [0.2, 0.25) is 0 Å². The predicted molar refractivity (Wildman–Crippen MR) is 92.8 cm³/mol. The zero-order valence-corrected chi connectivity index (χ0v) is 14.8. The van der Waals surface area contributed by atoms with E-state index in [0.717, 1.165) is 35.1 Å². The van der Waals surface area contributed by atoms with Gasteiger partial charge in [-0.2, -0.15) is 11.8 Å². The van der Waals surface area contributed by atoms with Gasteiger partial charge in [0, 0.05) is 17.3 Å². The molecule has 5 rings (SSSR count). The van der Waals surface area contributed by atoms with E-state index in [4.69, 9.17) is 0 Å². The lowest BCUT2D eigenvalue weighted by Crippen LogP contribution is -2.57. The third-order valence-corrected chi connectivity index (χ3v) is 8.63. The van der Waals surface area contributed by atoms with E-state index < -0.39 is 0 Å². The molecule has 1 N–H and O–H groups in total. The van der Waals surface area contributed by atoms with E-state index in [1.54, 1.807) is 38.5 Å². The molecule has 0 aromatic carbocycles. The monoisotopic (exact) mass is 307 g/mol. The first kappa shape index (κ1) is 14.9. The van der Waals surface area contributed by atoms with Crippen LogP contribution >= 0.6 is 11.8 Å². The summed E-state index contributed by atoms with van der Waals surface area (Å²) >= 11 is 2.20. The van der Waals surface area contributed by atoms with Gasteiger partial charge in [-0.25, -0.2) is 0 Å². The van der Waals surface area contributed by atoms with Crippen LogP contribution in [0.5, 0.6) is 0 Å². The average Bonchev–Trinajstić information content (AvgIpc) is 2.85. The summed E-state index contributed by atoms with van der Waals surface area (Å²) in [6.07, 6.45) is 13.7. The topological polar surface area (TPSA) is 12.0 Å². The Morgan fingerprint density at radius 3 is 2.24 bits per heavy atom. The van der Waals surface area contributed by atoms with Gasteiger partial charge >= 0.3 is 0 Å². The van der Waals surface area contributed by atoms with Crippen molar-refractivity contribution in [3.05, 3.63) is 0 Å². The summed E-state index contributed by atoms with van der Waals surface area (Å²) < 4.78 is 0. The molecular weight excluding hydrogens is 274 g/mol. The fourth-order valence-electron chi connectivity index (χ4n) is 6.74. The van der Waals surface area contributed by atoms with Gasteiger partial charge in [0.25, 0.3) is 0 Å². The fourth-order valence-corrected chi connectivity index (χ4v) is 7.94. The average molecular weight is 308 g/mol. The summed E-state index contributed by atoms with van der Waals surface area (Å²) in [5, 5.41) is 5.04. The highest BCUT2D eigenvalue weighted by Crippen LogP contribution is 2.61. The Morgan fingerprint density at radius 1 is 1.05 bits per heavy atom. The van der Waals surface area contributed by atoms with E-state index in [2.05, 4.69) is 30.9 Å². The van der Waals surface area contributed by atoms with Crippen molar-refractivity contribution in [3.8, 4) is 0 Å². The molecule has 0 saturated heterocycles. The first-order valence-corrected chi connectivity index (χ1v) is 10.6. The molecule has 5 saturated carbocycles. The van der Waals surface area contributed by atoms with E-state index in [1.165, 1.54) is 25.0 Å². The molecular formula is C19H33NS. The Labute approximate surface area is 135 Å². The smallest absolute Gasteiger partial charge is 0.0201 e. The van der Waals surface area contributed by atoms with Crippen molar-refractivity contribution >= 4 is 11.8 Å². The maximum atomic E-state index is 4.15. The van der Waals surface area contributed by atoms with Gasteiger partial charge in [-0.05, 0) is 87.2 Å². The second-order valence-corrected chi connectivity index (χ2v) is 10.2. The molecule has 5 fully saturated rings. The molecule has 1 nitrogen and oxygen atoms in total. The number of hydrogen-bond acceptors (Lipinski definition) is 2. The number of hydrogen-bond donors (Lipinski definition) is 1. The van der Waals surface area contributed by atoms with Gasteiger partial charge in [-0.1, -0.05) is 13.3 Å². The highest BCUT2D eigenvalue weighted by atomic mass is 32.2. The summed E-state index contributed by atoms with van der Waals surface area (Å²) in [4.78, 5) is 0. The van der Waals surface area contributed by atoms with Crippen LogP contribution in [0.15, 0.2) is 0 Å². The lowest BCUT2D eigenvalue weighted by atomic mass is 9.48. The lowest BCUT2D eigenvalue weighted by Gasteiger charge is -2.59. The van der Waals surface area contributed by atoms with E-state index in [0.29, 0.717) is 5.41 Å². The molecule has 2 heteroatoms. The predicted octanol–water partition coefficient (Wildman–Crippen LogP) is 4.86. The summed E-state index contributed by atoms with van der Waals surface area (Å²) in [7, 11) is 0. The zero-order chi connectivity index (χ0) is 14.4. The molecule has 0 heterocycles. The number of nitrogens with one attached hydrogen (secondary N) is 1. The van der Waals surface area contributed by atoms with Crippen LogP contribution in [0.1, 0.15) is 71.6 Å². The van der Waals surface area contributed by atoms with Crippen LogP contribution in [0.4, 0.5) is 0 Å². The van der Waals surface area contributed by atoms with Crippen LogP contribution in [0.3, 0.4) is 0 Å². The lowest BCUT2D eigenvalue weighted by molar-refractivity contribution is -0.0719. The second-order valence-electron chi connectivity index (χ2n) is 8.70. The van der Waals surface area contributed by atoms with Gasteiger partial charge in [0.2, 0.25) is 0 Å². The van der Waals surface area contributed by atoms with Crippen molar-refractivity contribution in [1.82, 2.24) is 5.32 Å². The van der Waals surface area contributed by atoms with Crippen LogP contribution in [-0.2, 0) is 0 Å². The van der Waals surface area contributed by atoms with Crippen molar-refractivity contribution in [2.75, 3.05) is 5.75 Å². The van der Waals surface area contributed by atoms with Crippen molar-refractivity contribution in [3.63, 3.8) is 0 Å². The van der Waals surface area contributed by atoms with E-state index in [1.807, 2.05) is 0 Å². The summed E-state index contributed by atoms with van der Waals surface area (Å²) in [5.74, 6) is 4.55. The quantitative estimate of drug-likeness (QED) is 0.779. The zero-order valence-electron chi connectivity index (χ0n) is 13.9. The molecule has 4 bridgehead atoms. The Kier molecular flexibility index (Phi) is 4.07. The largest absolute Gasteiger partial charge is 0.310 e. The van der Waals surface area contributed by atoms with Gasteiger partial charge in [0.05, 0.1) is 0 Å². The Balaban J connectivity index is 1.44. The maximum absolute atomic E-state index is 4.15. The first-order chi connectivity index (χ1) is 10.2. The standard InChI is InChI=1S/C19H33NS/c1-3-21-18-6-4-5-17(18)20-13(2)19-10-14-7-15(11-19)9-16(8-14)12-19/h13-18,20H,3-12H2,1-2H3. The molecule has 5 aliphatic rings. The molecule has 0 spiro atoms. The Hall–Kier alpha value is 0.310. The molecule has 0 radical (unpaired) electrons. The van der Waals surface area contributed by atoms with Crippen LogP contribution in [0, 0.1) is 23.2 Å². The molecule has 3 atom stereocenters. The SMILES string of the molecule is CCSC1CCCC1NC(C)C12CC3CC(CC(C3)C1)C2. The highest BCUT2D eigenvalue weighted by molar-refractivity contribution is 7.99. The summed E-state index contributed by atoms with van der Waals surface area (Å²) in [6, 6.07) is 1.56. The minimum Gasteiger partial charge on any atom is -0.310 e. The Morgan fingerprint density at radius 2 is 1.67 bits per heavy atom. The highest BCUT2D eigenvalue weighted by Gasteiger charge is 2.53. The normalized spacial score (nSPS) is 49.7. The molecule has 0 aromatic heterocycles. The summed E-state index contributed by atoms with van der Waals surface area (Å²) in [6.45, 7) is 4.86. The van der Waals surface area contributed by atoms with E-state index in [-0.39, 0.29) is 0 Å². The Bertz CT molecular complexity index is 344. The number of rotatable bonds is 5. The molecule has 3 unspecified atom stereocenters. The van der Waals surface area contributed by atoms with E-state index >= 15 is 0 Å². The molecule has 5 aliphatic carbocycles.